The molecule has 0 saturated carbocycles. The van der Waals surface area contributed by atoms with Gasteiger partial charge in [0.05, 0.1) is 23.9 Å². The van der Waals surface area contributed by atoms with Crippen molar-refractivity contribution in [2.24, 2.45) is 0 Å². The molecule has 0 atom stereocenters. The van der Waals surface area contributed by atoms with Crippen LogP contribution in [0.3, 0.4) is 0 Å². The van der Waals surface area contributed by atoms with Crippen molar-refractivity contribution in [1.82, 2.24) is 0 Å². The van der Waals surface area contributed by atoms with E-state index in [4.69, 9.17) is 39.6 Å². The number of halogens is 1. The third-order valence-electron chi connectivity index (χ3n) is 0.667. The molecule has 0 aromatic rings. The number of carbonyl (C=O) groups is 4. The van der Waals surface area contributed by atoms with Crippen molar-refractivity contribution in [2.45, 2.75) is 0 Å². The maximum absolute atomic E-state index is 9.14. The summed E-state index contributed by atoms with van der Waals surface area (Å²) in [6.45, 7) is 11.6. The van der Waals surface area contributed by atoms with Crippen molar-refractivity contribution in [3.8, 4) is 0 Å². The molecule has 22 heavy (non-hydrogen) atoms. The molecule has 0 aliphatic carbocycles. The first-order valence-corrected chi connectivity index (χ1v) is 4.42. The van der Waals surface area contributed by atoms with Gasteiger partial charge in [-0.3, -0.25) is 4.70 Å². The summed E-state index contributed by atoms with van der Waals surface area (Å²) >= 11 is 0. The normalized spacial score (nSPS) is 5.82. The van der Waals surface area contributed by atoms with Crippen LogP contribution in [-0.2, 0) is 19.2 Å². The van der Waals surface area contributed by atoms with Crippen LogP contribution in [0.15, 0.2) is 50.6 Å². The number of hydrogen-bond acceptors (Lipinski definition) is 8. The van der Waals surface area contributed by atoms with E-state index in [1.807, 2.05) is 0 Å². The fraction of sp³-hybridized carbons (Fsp3) is 0. The third kappa shape index (κ3) is 175. The van der Waals surface area contributed by atoms with E-state index in [0.717, 1.165) is 24.3 Å². The molecule has 120 valence electrons. The molecule has 0 unspecified atom stereocenters. The standard InChI is InChI=1S/4C3H4O2.FH.Si/c4*1-2-3(4)5;;/h4*2H,1H2,(H,4,5);1H;/q;;;;;+4/p-4. The van der Waals surface area contributed by atoms with Crippen LogP contribution in [-0.4, -0.2) is 34.8 Å². The summed E-state index contributed by atoms with van der Waals surface area (Å²) in [6.07, 6.45) is 2.89. The topological polar surface area (TPSA) is 161 Å². The number of carboxylic acids is 4. The van der Waals surface area contributed by atoms with E-state index < -0.39 is 23.9 Å². The van der Waals surface area contributed by atoms with Crippen molar-refractivity contribution in [3.63, 3.8) is 0 Å². The number of carbonyl (C=O) groups excluding carboxylic acids is 4. The molecular formula is C12H13FO8Si. The maximum Gasteiger partial charge on any atom is 4.00 e. The molecule has 0 fully saturated rings. The van der Waals surface area contributed by atoms with E-state index in [-0.39, 0.29) is 15.7 Å². The second kappa shape index (κ2) is 30.8. The predicted molar refractivity (Wildman–Crippen MR) is 69.1 cm³/mol. The molecule has 0 spiro atoms. The Hall–Kier alpha value is -3.01. The Morgan fingerprint density at radius 3 is 0.591 bits per heavy atom. The van der Waals surface area contributed by atoms with Gasteiger partial charge in [-0.15, -0.1) is 0 Å². The molecule has 0 aliphatic rings. The van der Waals surface area contributed by atoms with Gasteiger partial charge in [-0.1, -0.05) is 26.3 Å². The van der Waals surface area contributed by atoms with E-state index in [1.165, 1.54) is 0 Å². The second-order valence-corrected chi connectivity index (χ2v) is 2.09. The van der Waals surface area contributed by atoms with Crippen LogP contribution in [0.4, 0.5) is 4.70 Å². The van der Waals surface area contributed by atoms with Gasteiger partial charge >= 0.3 is 11.0 Å². The van der Waals surface area contributed by atoms with E-state index in [1.54, 1.807) is 0 Å². The van der Waals surface area contributed by atoms with Gasteiger partial charge < -0.3 is 39.6 Å². The zero-order valence-electron chi connectivity index (χ0n) is 11.3. The average Bonchev–Trinajstić information content (AvgIpc) is 2.40. The Morgan fingerprint density at radius 1 is 0.545 bits per heavy atom. The summed E-state index contributed by atoms with van der Waals surface area (Å²) in [7, 11) is 0. The minimum absolute atomic E-state index is 0. The Kier molecular flexibility index (Phi) is 50.9. The van der Waals surface area contributed by atoms with Crippen LogP contribution in [0, 0.1) is 0 Å². The molecule has 8 nitrogen and oxygen atoms in total. The van der Waals surface area contributed by atoms with Crippen LogP contribution in [0.5, 0.6) is 0 Å². The van der Waals surface area contributed by atoms with Crippen LogP contribution in [0.1, 0.15) is 0 Å². The minimum Gasteiger partial charge on any atom is -0.545 e. The first-order chi connectivity index (χ1) is 9.08. The Labute approximate surface area is 130 Å². The van der Waals surface area contributed by atoms with Crippen molar-refractivity contribution in [3.05, 3.63) is 50.6 Å². The van der Waals surface area contributed by atoms with Gasteiger partial charge in [-0.25, -0.2) is 0 Å². The van der Waals surface area contributed by atoms with Crippen LogP contribution in [0.2, 0.25) is 0 Å². The van der Waals surface area contributed by atoms with Crippen molar-refractivity contribution < 1.29 is 44.3 Å². The second-order valence-electron chi connectivity index (χ2n) is 2.09. The molecule has 0 aliphatic heterocycles. The first kappa shape index (κ1) is 36.4. The monoisotopic (exact) mass is 332 g/mol. The first-order valence-electron chi connectivity index (χ1n) is 4.42. The summed E-state index contributed by atoms with van der Waals surface area (Å²) in [5, 5.41) is 36.6. The number of aliphatic carboxylic acids is 4. The van der Waals surface area contributed by atoms with Gasteiger partial charge in [0, 0.05) is 0 Å². The third-order valence-corrected chi connectivity index (χ3v) is 0.667. The fourth-order valence-electron chi connectivity index (χ4n) is 0. The van der Waals surface area contributed by atoms with Gasteiger partial charge in [0.25, 0.3) is 0 Å². The van der Waals surface area contributed by atoms with Crippen molar-refractivity contribution in [2.75, 3.05) is 0 Å². The number of carboxylic acid groups (broad SMARTS) is 4. The van der Waals surface area contributed by atoms with E-state index in [0.29, 0.717) is 0 Å². The van der Waals surface area contributed by atoms with E-state index in [9.17, 15) is 0 Å². The van der Waals surface area contributed by atoms with Crippen LogP contribution < -0.4 is 20.4 Å². The molecule has 0 heterocycles. The Morgan fingerprint density at radius 2 is 0.591 bits per heavy atom. The van der Waals surface area contributed by atoms with Crippen molar-refractivity contribution >= 4 is 34.8 Å². The summed E-state index contributed by atoms with van der Waals surface area (Å²) in [4.78, 5) is 36.6. The Balaban J connectivity index is -0.0000000376. The van der Waals surface area contributed by atoms with Gasteiger partial charge in [0.2, 0.25) is 0 Å². The zero-order valence-corrected chi connectivity index (χ0v) is 12.3. The molecule has 0 saturated heterocycles. The molecule has 0 bridgehead atoms. The molecule has 0 aromatic heterocycles. The average molecular weight is 332 g/mol. The smallest absolute Gasteiger partial charge is 0.545 e. The quantitative estimate of drug-likeness (QED) is 0.367. The van der Waals surface area contributed by atoms with Gasteiger partial charge in [0.1, 0.15) is 0 Å². The van der Waals surface area contributed by atoms with Crippen LogP contribution in [0.25, 0.3) is 0 Å². The maximum atomic E-state index is 9.14. The van der Waals surface area contributed by atoms with E-state index in [2.05, 4.69) is 26.3 Å². The predicted octanol–water partition coefficient (Wildman–Crippen LogP) is -4.54. The van der Waals surface area contributed by atoms with Gasteiger partial charge in [-0.05, 0) is 24.3 Å². The summed E-state index contributed by atoms with van der Waals surface area (Å²) in [5.74, 6) is -4.93. The molecule has 0 aromatic carbocycles. The molecule has 0 amide bonds. The summed E-state index contributed by atoms with van der Waals surface area (Å²) in [5.41, 5.74) is 0. The molecule has 0 rings (SSSR count). The summed E-state index contributed by atoms with van der Waals surface area (Å²) in [6, 6.07) is 0. The molecule has 0 N–H and O–H groups in total. The van der Waals surface area contributed by atoms with Crippen molar-refractivity contribution in [1.29, 1.82) is 0 Å². The van der Waals surface area contributed by atoms with E-state index >= 15 is 0 Å². The minimum atomic E-state index is -1.23. The SMILES string of the molecule is C=CC(=O)[O-].C=CC(=O)[O-].C=CC(=O)[O-].C=CC(=O)[O-].F.[Si+4]. The fourth-order valence-corrected chi connectivity index (χ4v) is 0. The largest absolute Gasteiger partial charge is 4.00 e. The molecule has 0 radical (unpaired) electrons. The molecular weight excluding hydrogens is 319 g/mol. The molecule has 10 heteroatoms. The number of rotatable bonds is 4. The summed E-state index contributed by atoms with van der Waals surface area (Å²) < 4.78 is 0. The van der Waals surface area contributed by atoms with Crippen LogP contribution >= 0.6 is 0 Å². The zero-order chi connectivity index (χ0) is 17.1. The Bertz CT molecular complexity index is 307. The van der Waals surface area contributed by atoms with Gasteiger partial charge in [0.15, 0.2) is 0 Å². The number of hydrogen-bond donors (Lipinski definition) is 0. The van der Waals surface area contributed by atoms with Gasteiger partial charge in [-0.2, -0.15) is 0 Å².